The molecule has 0 aromatic rings. The van der Waals surface area contributed by atoms with Crippen molar-refractivity contribution in [3.05, 3.63) is 0 Å². The van der Waals surface area contributed by atoms with Crippen LogP contribution in [0.25, 0.3) is 0 Å². The number of hydrogen-bond donors (Lipinski definition) is 2. The largest absolute Gasteiger partial charge is 0.334 e. The standard InChI is InChI=1S/C11H22N4O/c1-14-5-7-15(8-6-14)11(16)13-10-3-2-4-12-9-10/h10,12H,2-9H2,1H3,(H,13,16)/t10-/m1/s1. The van der Waals surface area contributed by atoms with E-state index in [1.54, 1.807) is 0 Å². The van der Waals surface area contributed by atoms with Gasteiger partial charge in [0, 0.05) is 38.8 Å². The third kappa shape index (κ3) is 3.09. The van der Waals surface area contributed by atoms with Crippen molar-refractivity contribution in [2.24, 2.45) is 0 Å². The topological polar surface area (TPSA) is 47.6 Å². The Balaban J connectivity index is 1.74. The average molecular weight is 226 g/mol. The number of amides is 2. The van der Waals surface area contributed by atoms with Gasteiger partial charge < -0.3 is 20.4 Å². The number of hydrogen-bond acceptors (Lipinski definition) is 3. The van der Waals surface area contributed by atoms with Crippen molar-refractivity contribution in [2.75, 3.05) is 46.3 Å². The molecule has 0 bridgehead atoms. The summed E-state index contributed by atoms with van der Waals surface area (Å²) in [6, 6.07) is 0.433. The molecule has 0 unspecified atom stereocenters. The van der Waals surface area contributed by atoms with Crippen molar-refractivity contribution in [3.63, 3.8) is 0 Å². The zero-order valence-corrected chi connectivity index (χ0v) is 10.0. The first kappa shape index (κ1) is 11.7. The van der Waals surface area contributed by atoms with E-state index in [-0.39, 0.29) is 6.03 Å². The lowest BCUT2D eigenvalue weighted by atomic mass is 10.1. The molecule has 2 aliphatic rings. The van der Waals surface area contributed by atoms with Gasteiger partial charge >= 0.3 is 6.03 Å². The van der Waals surface area contributed by atoms with Crippen LogP contribution < -0.4 is 10.6 Å². The van der Waals surface area contributed by atoms with Gasteiger partial charge in [-0.3, -0.25) is 0 Å². The second kappa shape index (κ2) is 5.50. The number of rotatable bonds is 1. The quantitative estimate of drug-likeness (QED) is 0.645. The van der Waals surface area contributed by atoms with Crippen molar-refractivity contribution in [1.29, 1.82) is 0 Å². The lowest BCUT2D eigenvalue weighted by Crippen LogP contribution is -2.54. The number of nitrogens with zero attached hydrogens (tertiary/aromatic N) is 2. The van der Waals surface area contributed by atoms with Crippen LogP contribution in [0.1, 0.15) is 12.8 Å². The molecule has 2 amide bonds. The number of carbonyl (C=O) groups is 1. The molecule has 0 saturated carbocycles. The van der Waals surface area contributed by atoms with Gasteiger partial charge in [-0.05, 0) is 26.4 Å². The summed E-state index contributed by atoms with van der Waals surface area (Å²) in [5, 5.41) is 6.42. The summed E-state index contributed by atoms with van der Waals surface area (Å²) in [5.41, 5.74) is 0. The smallest absolute Gasteiger partial charge is 0.317 e. The summed E-state index contributed by atoms with van der Waals surface area (Å²) in [7, 11) is 2.10. The number of piperidine rings is 1. The minimum absolute atomic E-state index is 0.113. The Morgan fingerprint density at radius 2 is 2.06 bits per heavy atom. The molecule has 0 aromatic carbocycles. The average Bonchev–Trinajstić information content (AvgIpc) is 2.31. The fourth-order valence-electron chi connectivity index (χ4n) is 2.25. The first-order valence-corrected chi connectivity index (χ1v) is 6.20. The van der Waals surface area contributed by atoms with E-state index in [4.69, 9.17) is 0 Å². The predicted octanol–water partition coefficient (Wildman–Crippen LogP) is -0.305. The summed E-state index contributed by atoms with van der Waals surface area (Å²) in [6.45, 7) is 5.66. The number of carbonyl (C=O) groups excluding carboxylic acids is 1. The lowest BCUT2D eigenvalue weighted by Gasteiger charge is -2.34. The second-order valence-corrected chi connectivity index (χ2v) is 4.78. The SMILES string of the molecule is CN1CCN(C(=O)N[C@@H]2CCCNC2)CC1. The molecule has 16 heavy (non-hydrogen) atoms. The summed E-state index contributed by atoms with van der Waals surface area (Å²) in [4.78, 5) is 16.1. The molecule has 2 N–H and O–H groups in total. The highest BCUT2D eigenvalue weighted by Gasteiger charge is 2.22. The number of piperazine rings is 1. The van der Waals surface area contributed by atoms with E-state index in [1.165, 1.54) is 0 Å². The van der Waals surface area contributed by atoms with Crippen LogP contribution in [0.4, 0.5) is 4.79 Å². The molecule has 2 heterocycles. The molecule has 2 rings (SSSR count). The van der Waals surface area contributed by atoms with Crippen molar-refractivity contribution in [1.82, 2.24) is 20.4 Å². The normalized spacial score (nSPS) is 27.8. The molecule has 0 aromatic heterocycles. The number of likely N-dealkylation sites (N-methyl/N-ethyl adjacent to an activating group) is 1. The fraction of sp³-hybridized carbons (Fsp3) is 0.909. The van der Waals surface area contributed by atoms with Gasteiger partial charge in [0.2, 0.25) is 0 Å². The minimum Gasteiger partial charge on any atom is -0.334 e. The first-order valence-electron chi connectivity index (χ1n) is 6.20. The number of urea groups is 1. The van der Waals surface area contributed by atoms with Gasteiger partial charge in [0.15, 0.2) is 0 Å². The molecule has 5 nitrogen and oxygen atoms in total. The minimum atomic E-state index is 0.113. The van der Waals surface area contributed by atoms with Gasteiger partial charge in [-0.1, -0.05) is 0 Å². The van der Waals surface area contributed by atoms with Crippen LogP contribution in [0.5, 0.6) is 0 Å². The highest BCUT2D eigenvalue weighted by atomic mass is 16.2. The molecule has 92 valence electrons. The predicted molar refractivity (Wildman–Crippen MR) is 63.5 cm³/mol. The molecular weight excluding hydrogens is 204 g/mol. The molecule has 0 spiro atoms. The molecule has 2 saturated heterocycles. The Morgan fingerprint density at radius 3 is 2.69 bits per heavy atom. The van der Waals surface area contributed by atoms with Gasteiger partial charge in [0.25, 0.3) is 0 Å². The Kier molecular flexibility index (Phi) is 4.01. The van der Waals surface area contributed by atoms with Crippen LogP contribution in [0.3, 0.4) is 0 Å². The summed E-state index contributed by atoms with van der Waals surface area (Å²) < 4.78 is 0. The summed E-state index contributed by atoms with van der Waals surface area (Å²) in [6.07, 6.45) is 2.26. The van der Waals surface area contributed by atoms with E-state index in [9.17, 15) is 4.79 Å². The van der Waals surface area contributed by atoms with Crippen LogP contribution in [-0.4, -0.2) is 68.2 Å². The first-order chi connectivity index (χ1) is 7.75. The fourth-order valence-corrected chi connectivity index (χ4v) is 2.25. The Labute approximate surface area is 97.2 Å². The Bertz CT molecular complexity index is 232. The van der Waals surface area contributed by atoms with Gasteiger partial charge in [-0.2, -0.15) is 0 Å². The van der Waals surface area contributed by atoms with E-state index in [0.717, 1.165) is 52.1 Å². The molecule has 5 heteroatoms. The van der Waals surface area contributed by atoms with Crippen LogP contribution in [0, 0.1) is 0 Å². The monoisotopic (exact) mass is 226 g/mol. The third-order valence-electron chi connectivity index (χ3n) is 3.41. The van der Waals surface area contributed by atoms with E-state index >= 15 is 0 Å². The maximum atomic E-state index is 11.9. The van der Waals surface area contributed by atoms with E-state index in [1.807, 2.05) is 4.90 Å². The van der Waals surface area contributed by atoms with E-state index in [0.29, 0.717) is 6.04 Å². The van der Waals surface area contributed by atoms with Crippen molar-refractivity contribution in [3.8, 4) is 0 Å². The molecular formula is C11H22N4O. The van der Waals surface area contributed by atoms with Crippen molar-refractivity contribution >= 4 is 6.03 Å². The highest BCUT2D eigenvalue weighted by molar-refractivity contribution is 5.74. The molecule has 1 atom stereocenters. The van der Waals surface area contributed by atoms with Crippen LogP contribution in [0.15, 0.2) is 0 Å². The van der Waals surface area contributed by atoms with E-state index in [2.05, 4.69) is 22.6 Å². The molecule has 2 aliphatic heterocycles. The molecule has 0 radical (unpaired) electrons. The highest BCUT2D eigenvalue weighted by Crippen LogP contribution is 2.04. The Hall–Kier alpha value is -0.810. The maximum Gasteiger partial charge on any atom is 0.317 e. The molecule has 2 fully saturated rings. The summed E-state index contributed by atoms with van der Waals surface area (Å²) in [5.74, 6) is 0. The van der Waals surface area contributed by atoms with E-state index < -0.39 is 0 Å². The van der Waals surface area contributed by atoms with Crippen LogP contribution in [0.2, 0.25) is 0 Å². The second-order valence-electron chi connectivity index (χ2n) is 4.78. The number of nitrogens with one attached hydrogen (secondary N) is 2. The third-order valence-corrected chi connectivity index (χ3v) is 3.41. The zero-order chi connectivity index (χ0) is 11.4. The van der Waals surface area contributed by atoms with Crippen LogP contribution in [-0.2, 0) is 0 Å². The Morgan fingerprint density at radius 1 is 1.31 bits per heavy atom. The lowest BCUT2D eigenvalue weighted by molar-refractivity contribution is 0.150. The van der Waals surface area contributed by atoms with Gasteiger partial charge in [0.1, 0.15) is 0 Å². The van der Waals surface area contributed by atoms with Gasteiger partial charge in [0.05, 0.1) is 0 Å². The van der Waals surface area contributed by atoms with Crippen molar-refractivity contribution in [2.45, 2.75) is 18.9 Å². The summed E-state index contributed by atoms with van der Waals surface area (Å²) >= 11 is 0. The zero-order valence-electron chi connectivity index (χ0n) is 10.0. The van der Waals surface area contributed by atoms with Crippen LogP contribution >= 0.6 is 0 Å². The van der Waals surface area contributed by atoms with Crippen molar-refractivity contribution < 1.29 is 4.79 Å². The maximum absolute atomic E-state index is 11.9. The van der Waals surface area contributed by atoms with Gasteiger partial charge in [-0.15, -0.1) is 0 Å². The van der Waals surface area contributed by atoms with Gasteiger partial charge in [-0.25, -0.2) is 4.79 Å². The molecule has 0 aliphatic carbocycles.